The maximum atomic E-state index is 14.5. The van der Waals surface area contributed by atoms with Gasteiger partial charge in [0.05, 0.1) is 12.2 Å². The van der Waals surface area contributed by atoms with Crippen molar-refractivity contribution in [3.05, 3.63) is 96.2 Å². The zero-order chi connectivity index (χ0) is 24.1. The highest BCUT2D eigenvalue weighted by molar-refractivity contribution is 5.72. The van der Waals surface area contributed by atoms with Gasteiger partial charge in [0.15, 0.2) is 0 Å². The minimum Gasteiger partial charge on any atom is -0.403 e. The second-order valence-corrected chi connectivity index (χ2v) is 6.16. The van der Waals surface area contributed by atoms with Crippen molar-refractivity contribution in [3.63, 3.8) is 0 Å². The summed E-state index contributed by atoms with van der Waals surface area (Å²) in [6.45, 7) is 12.5. The van der Waals surface area contributed by atoms with Crippen molar-refractivity contribution in [2.24, 2.45) is 11.6 Å². The van der Waals surface area contributed by atoms with Crippen LogP contribution in [-0.4, -0.2) is 14.8 Å². The van der Waals surface area contributed by atoms with E-state index >= 15 is 0 Å². The van der Waals surface area contributed by atoms with Crippen molar-refractivity contribution in [3.8, 4) is 0 Å². The molecule has 1 unspecified atom stereocenters. The lowest BCUT2D eigenvalue weighted by Gasteiger charge is -2.21. The molecule has 1 aromatic heterocycles. The van der Waals surface area contributed by atoms with Crippen LogP contribution in [0.3, 0.4) is 0 Å². The Hall–Kier alpha value is -3.52. The number of benzene rings is 2. The molecule has 8 heteroatoms. The molecule has 0 aliphatic heterocycles. The molecule has 0 aliphatic carbocycles. The van der Waals surface area contributed by atoms with Gasteiger partial charge in [-0.3, -0.25) is 10.5 Å². The highest BCUT2D eigenvalue weighted by atomic mass is 19.1. The van der Waals surface area contributed by atoms with E-state index in [0.29, 0.717) is 23.4 Å². The number of allylic oxidation sites excluding steroid dienone is 1. The van der Waals surface area contributed by atoms with Crippen LogP contribution >= 0.6 is 0 Å². The maximum Gasteiger partial charge on any atom is 0.137 e. The summed E-state index contributed by atoms with van der Waals surface area (Å²) in [5, 5.41) is 4.09. The molecular weight excluding hydrogens is 410 g/mol. The molecule has 0 amide bonds. The Morgan fingerprint density at radius 3 is 2.22 bits per heavy atom. The number of nitrogens with zero attached hydrogens (tertiary/aromatic N) is 3. The number of aromatic nitrogens is 3. The lowest BCUT2D eigenvalue weighted by Crippen LogP contribution is -2.20. The molecule has 3 rings (SSSR count). The number of nitrogens with two attached hydrogens (primary N) is 2. The smallest absolute Gasteiger partial charge is 0.137 e. The normalized spacial score (nSPS) is 11.4. The van der Waals surface area contributed by atoms with Gasteiger partial charge in [-0.05, 0) is 22.8 Å². The highest BCUT2D eigenvalue weighted by Gasteiger charge is 2.22. The number of halogens is 2. The van der Waals surface area contributed by atoms with Gasteiger partial charge in [-0.15, -0.1) is 0 Å². The van der Waals surface area contributed by atoms with Gasteiger partial charge in [0, 0.05) is 23.7 Å². The highest BCUT2D eigenvalue weighted by Crippen LogP contribution is 2.34. The second-order valence-electron chi connectivity index (χ2n) is 6.16. The molecule has 0 fully saturated rings. The summed E-state index contributed by atoms with van der Waals surface area (Å²) in [5.74, 6) is 3.70. The standard InChI is InChI=1S/C20H20F2N6.2C2H6/c1-13(14-2-4-15(5-3-14)20(9-23)27-24)18(10-28-12-25-11-26-28)17-7-6-16(21)8-19(17)22;2*1-2/h2-9,11-12,18,27H,1,10,23-24H2;2*1-2H3/b20-9-;;. The molecule has 0 aliphatic rings. The van der Waals surface area contributed by atoms with E-state index in [2.05, 4.69) is 22.1 Å². The van der Waals surface area contributed by atoms with Gasteiger partial charge in [0.1, 0.15) is 24.3 Å². The van der Waals surface area contributed by atoms with Gasteiger partial charge in [-0.25, -0.2) is 13.8 Å². The zero-order valence-corrected chi connectivity index (χ0v) is 19.0. The fraction of sp³-hybridized carbons (Fsp3) is 0.250. The Labute approximate surface area is 188 Å². The molecule has 0 spiro atoms. The monoisotopic (exact) mass is 442 g/mol. The third-order valence-electron chi connectivity index (χ3n) is 4.48. The van der Waals surface area contributed by atoms with Gasteiger partial charge in [-0.1, -0.05) is 64.6 Å². The Bertz CT molecular complexity index is 982. The first-order chi connectivity index (χ1) is 15.5. The molecule has 0 radical (unpaired) electrons. The largest absolute Gasteiger partial charge is 0.403 e. The van der Waals surface area contributed by atoms with Crippen molar-refractivity contribution < 1.29 is 8.78 Å². The molecule has 1 heterocycles. The summed E-state index contributed by atoms with van der Waals surface area (Å²) >= 11 is 0. The second kappa shape index (κ2) is 13.7. The van der Waals surface area contributed by atoms with Crippen LogP contribution in [0.1, 0.15) is 50.3 Å². The van der Waals surface area contributed by atoms with E-state index in [0.717, 1.165) is 17.2 Å². The molecule has 2 aromatic carbocycles. The van der Waals surface area contributed by atoms with Crippen LogP contribution in [0.2, 0.25) is 0 Å². The minimum absolute atomic E-state index is 0.307. The summed E-state index contributed by atoms with van der Waals surface area (Å²) in [6, 6.07) is 10.9. The third kappa shape index (κ3) is 6.75. The van der Waals surface area contributed by atoms with Gasteiger partial charge in [0.2, 0.25) is 0 Å². The first-order valence-corrected chi connectivity index (χ1v) is 10.5. The van der Waals surface area contributed by atoms with E-state index in [1.807, 2.05) is 52.0 Å². The van der Waals surface area contributed by atoms with Crippen LogP contribution < -0.4 is 17.0 Å². The predicted octanol–water partition coefficient (Wildman–Crippen LogP) is 4.83. The average molecular weight is 443 g/mol. The van der Waals surface area contributed by atoms with Crippen molar-refractivity contribution in [1.82, 2.24) is 20.2 Å². The molecule has 5 N–H and O–H groups in total. The molecule has 6 nitrogen and oxygen atoms in total. The fourth-order valence-electron chi connectivity index (χ4n) is 2.99. The van der Waals surface area contributed by atoms with Crippen LogP contribution in [0.4, 0.5) is 8.78 Å². The van der Waals surface area contributed by atoms with Crippen LogP contribution in [0.5, 0.6) is 0 Å². The Morgan fingerprint density at radius 1 is 1.09 bits per heavy atom. The van der Waals surface area contributed by atoms with Crippen molar-refractivity contribution in [2.75, 3.05) is 0 Å². The zero-order valence-electron chi connectivity index (χ0n) is 19.0. The van der Waals surface area contributed by atoms with E-state index in [9.17, 15) is 8.78 Å². The van der Waals surface area contributed by atoms with E-state index in [1.54, 1.807) is 4.68 Å². The molecule has 1 atom stereocenters. The summed E-state index contributed by atoms with van der Waals surface area (Å²) in [4.78, 5) is 3.92. The lowest BCUT2D eigenvalue weighted by atomic mass is 9.87. The molecule has 0 bridgehead atoms. The Morgan fingerprint density at radius 2 is 1.72 bits per heavy atom. The Balaban J connectivity index is 0.00000121. The Kier molecular flexibility index (Phi) is 11.4. The predicted molar refractivity (Wildman–Crippen MR) is 127 cm³/mol. The molecule has 3 aromatic rings. The number of hydrazine groups is 1. The molecule has 0 saturated carbocycles. The summed E-state index contributed by atoms with van der Waals surface area (Å²) in [5.41, 5.74) is 11.2. The summed E-state index contributed by atoms with van der Waals surface area (Å²) in [7, 11) is 0. The quantitative estimate of drug-likeness (QED) is 0.360. The maximum absolute atomic E-state index is 14.5. The van der Waals surface area contributed by atoms with Crippen LogP contribution in [0.25, 0.3) is 11.3 Å². The van der Waals surface area contributed by atoms with Crippen LogP contribution in [-0.2, 0) is 6.54 Å². The van der Waals surface area contributed by atoms with Crippen molar-refractivity contribution >= 4 is 11.3 Å². The van der Waals surface area contributed by atoms with Crippen molar-refractivity contribution in [2.45, 2.75) is 40.2 Å². The first-order valence-electron chi connectivity index (χ1n) is 10.5. The summed E-state index contributed by atoms with van der Waals surface area (Å²) in [6.07, 6.45) is 4.30. The molecular formula is C24H32F2N6. The van der Waals surface area contributed by atoms with Gasteiger partial charge < -0.3 is 11.2 Å². The third-order valence-corrected chi connectivity index (χ3v) is 4.48. The van der Waals surface area contributed by atoms with Gasteiger partial charge in [-0.2, -0.15) is 5.10 Å². The molecule has 32 heavy (non-hydrogen) atoms. The van der Waals surface area contributed by atoms with Gasteiger partial charge >= 0.3 is 0 Å². The van der Waals surface area contributed by atoms with E-state index in [-0.39, 0.29) is 0 Å². The molecule has 172 valence electrons. The average Bonchev–Trinajstić information content (AvgIpc) is 3.35. The number of rotatable bonds is 7. The fourth-order valence-corrected chi connectivity index (χ4v) is 2.99. The lowest BCUT2D eigenvalue weighted by molar-refractivity contribution is 0.534. The van der Waals surface area contributed by atoms with Crippen LogP contribution in [0.15, 0.2) is 67.9 Å². The molecule has 0 saturated heterocycles. The number of hydrogen-bond donors (Lipinski definition) is 3. The minimum atomic E-state index is -0.636. The topological polar surface area (TPSA) is 94.8 Å². The van der Waals surface area contributed by atoms with E-state index < -0.39 is 17.6 Å². The summed E-state index contributed by atoms with van der Waals surface area (Å²) < 4.78 is 29.5. The van der Waals surface area contributed by atoms with Crippen LogP contribution in [0, 0.1) is 11.6 Å². The van der Waals surface area contributed by atoms with Crippen molar-refractivity contribution in [1.29, 1.82) is 0 Å². The first kappa shape index (κ1) is 26.5. The van der Waals surface area contributed by atoms with E-state index in [1.165, 1.54) is 31.0 Å². The number of hydrogen-bond acceptors (Lipinski definition) is 5. The number of nitrogens with one attached hydrogen (secondary N) is 1. The SMILES string of the molecule is C=C(c1ccc(/C(=C/N)NN)cc1)C(Cn1cncn1)c1ccc(F)cc1F.CC.CC. The van der Waals surface area contributed by atoms with Gasteiger partial charge in [0.25, 0.3) is 0 Å². The van der Waals surface area contributed by atoms with E-state index in [4.69, 9.17) is 11.6 Å².